The second-order valence-electron chi connectivity index (χ2n) is 4.06. The molecule has 0 bridgehead atoms. The maximum Gasteiger partial charge on any atom is 0.123 e. The molecule has 2 aromatic rings. The summed E-state index contributed by atoms with van der Waals surface area (Å²) in [6, 6.07) is 12.3. The summed E-state index contributed by atoms with van der Waals surface area (Å²) < 4.78 is 14.3. The highest BCUT2D eigenvalue weighted by atomic mass is 79.9. The monoisotopic (exact) mass is 293 g/mol. The number of aryl methyl sites for hydroxylation is 1. The van der Waals surface area contributed by atoms with Crippen LogP contribution in [-0.2, 0) is 0 Å². The van der Waals surface area contributed by atoms with Gasteiger partial charge in [0.2, 0.25) is 0 Å². The van der Waals surface area contributed by atoms with Crippen molar-refractivity contribution >= 4 is 15.9 Å². The van der Waals surface area contributed by atoms with E-state index in [1.807, 2.05) is 37.3 Å². The van der Waals surface area contributed by atoms with Gasteiger partial charge in [0.05, 0.1) is 6.04 Å². The van der Waals surface area contributed by atoms with Crippen LogP contribution in [0.15, 0.2) is 46.9 Å². The Balaban J connectivity index is 2.43. The molecule has 2 N–H and O–H groups in total. The summed E-state index contributed by atoms with van der Waals surface area (Å²) >= 11 is 3.46. The van der Waals surface area contributed by atoms with E-state index in [0.29, 0.717) is 0 Å². The van der Waals surface area contributed by atoms with Crippen molar-refractivity contribution in [2.45, 2.75) is 13.0 Å². The average molecular weight is 294 g/mol. The largest absolute Gasteiger partial charge is 0.320 e. The van der Waals surface area contributed by atoms with E-state index in [0.717, 1.165) is 21.2 Å². The van der Waals surface area contributed by atoms with E-state index < -0.39 is 0 Å². The van der Waals surface area contributed by atoms with Crippen LogP contribution in [0, 0.1) is 12.7 Å². The van der Waals surface area contributed by atoms with Crippen LogP contribution in [-0.4, -0.2) is 0 Å². The van der Waals surface area contributed by atoms with Crippen molar-refractivity contribution in [2.24, 2.45) is 5.73 Å². The van der Waals surface area contributed by atoms with Gasteiger partial charge >= 0.3 is 0 Å². The molecule has 0 aliphatic carbocycles. The Kier molecular flexibility index (Phi) is 3.60. The molecule has 0 aromatic heterocycles. The van der Waals surface area contributed by atoms with Gasteiger partial charge in [-0.1, -0.05) is 40.2 Å². The van der Waals surface area contributed by atoms with Crippen LogP contribution in [0.1, 0.15) is 22.7 Å². The summed E-state index contributed by atoms with van der Waals surface area (Å²) in [6.07, 6.45) is 0. The summed E-state index contributed by atoms with van der Waals surface area (Å²) in [6.45, 7) is 1.86. The number of rotatable bonds is 2. The minimum atomic E-state index is -0.319. The van der Waals surface area contributed by atoms with Crippen LogP contribution in [0.5, 0.6) is 0 Å². The quantitative estimate of drug-likeness (QED) is 0.892. The van der Waals surface area contributed by atoms with Crippen LogP contribution in [0.3, 0.4) is 0 Å². The molecule has 17 heavy (non-hydrogen) atoms. The summed E-state index contributed by atoms with van der Waals surface area (Å²) in [7, 11) is 0. The Bertz CT molecular complexity index is 519. The Morgan fingerprint density at radius 1 is 1.18 bits per heavy atom. The van der Waals surface area contributed by atoms with Crippen molar-refractivity contribution in [3.05, 3.63) is 69.4 Å². The topological polar surface area (TPSA) is 26.0 Å². The second-order valence-corrected chi connectivity index (χ2v) is 4.92. The highest BCUT2D eigenvalue weighted by Gasteiger charge is 2.12. The third-order valence-corrected chi connectivity index (χ3v) is 3.39. The van der Waals surface area contributed by atoms with Gasteiger partial charge in [0.15, 0.2) is 0 Å². The van der Waals surface area contributed by atoms with Gasteiger partial charge in [0, 0.05) is 4.47 Å². The summed E-state index contributed by atoms with van der Waals surface area (Å²) in [5, 5.41) is 0. The zero-order chi connectivity index (χ0) is 12.4. The van der Waals surface area contributed by atoms with Crippen LogP contribution >= 0.6 is 15.9 Å². The molecule has 0 heterocycles. The first kappa shape index (κ1) is 12.3. The molecule has 0 saturated heterocycles. The SMILES string of the molecule is Cc1cc(F)cc(C(N)c2ccccc2Br)c1. The molecule has 0 radical (unpaired) electrons. The molecule has 1 unspecified atom stereocenters. The fourth-order valence-corrected chi connectivity index (χ4v) is 2.38. The number of hydrogen-bond acceptors (Lipinski definition) is 1. The van der Waals surface area contributed by atoms with Gasteiger partial charge in [0.25, 0.3) is 0 Å². The Morgan fingerprint density at radius 2 is 1.88 bits per heavy atom. The second kappa shape index (κ2) is 4.98. The van der Waals surface area contributed by atoms with Gasteiger partial charge in [0.1, 0.15) is 5.82 Å². The number of benzene rings is 2. The molecular weight excluding hydrogens is 281 g/mol. The maximum absolute atomic E-state index is 13.3. The van der Waals surface area contributed by atoms with Gasteiger partial charge < -0.3 is 5.73 Å². The standard InChI is InChI=1S/C14H13BrFN/c1-9-6-10(8-11(16)7-9)14(17)12-4-2-3-5-13(12)15/h2-8,14H,17H2,1H3. The van der Waals surface area contributed by atoms with Crippen molar-refractivity contribution in [1.82, 2.24) is 0 Å². The molecule has 3 heteroatoms. The van der Waals surface area contributed by atoms with Gasteiger partial charge in [-0.05, 0) is 41.8 Å². The minimum Gasteiger partial charge on any atom is -0.320 e. The highest BCUT2D eigenvalue weighted by molar-refractivity contribution is 9.10. The molecule has 0 amide bonds. The molecule has 1 atom stereocenters. The summed E-state index contributed by atoms with van der Waals surface area (Å²) in [5.41, 5.74) is 8.78. The number of halogens is 2. The van der Waals surface area contributed by atoms with E-state index in [9.17, 15) is 4.39 Å². The van der Waals surface area contributed by atoms with Gasteiger partial charge in [-0.2, -0.15) is 0 Å². The average Bonchev–Trinajstić information content (AvgIpc) is 2.27. The minimum absolute atomic E-state index is 0.248. The van der Waals surface area contributed by atoms with Crippen LogP contribution < -0.4 is 5.73 Å². The third-order valence-electron chi connectivity index (χ3n) is 2.66. The van der Waals surface area contributed by atoms with Gasteiger partial charge in [-0.15, -0.1) is 0 Å². The zero-order valence-electron chi connectivity index (χ0n) is 9.45. The first-order valence-corrected chi connectivity index (χ1v) is 6.14. The van der Waals surface area contributed by atoms with Gasteiger partial charge in [-0.25, -0.2) is 4.39 Å². The molecule has 1 nitrogen and oxygen atoms in total. The van der Waals surface area contributed by atoms with Crippen LogP contribution in [0.2, 0.25) is 0 Å². The fraction of sp³-hybridized carbons (Fsp3) is 0.143. The predicted octanol–water partition coefficient (Wildman–Crippen LogP) is 3.94. The van der Waals surface area contributed by atoms with Crippen molar-refractivity contribution < 1.29 is 4.39 Å². The van der Waals surface area contributed by atoms with Crippen molar-refractivity contribution in [1.29, 1.82) is 0 Å². The van der Waals surface area contributed by atoms with E-state index in [1.165, 1.54) is 12.1 Å². The molecule has 88 valence electrons. The lowest BCUT2D eigenvalue weighted by molar-refractivity contribution is 0.622. The van der Waals surface area contributed by atoms with E-state index in [2.05, 4.69) is 15.9 Å². The molecular formula is C14H13BrFN. The predicted molar refractivity (Wildman–Crippen MR) is 71.3 cm³/mol. The molecule has 2 aromatic carbocycles. The number of nitrogens with two attached hydrogens (primary N) is 1. The highest BCUT2D eigenvalue weighted by Crippen LogP contribution is 2.27. The van der Waals surface area contributed by atoms with E-state index in [4.69, 9.17) is 5.73 Å². The van der Waals surface area contributed by atoms with E-state index in [-0.39, 0.29) is 11.9 Å². The van der Waals surface area contributed by atoms with E-state index in [1.54, 1.807) is 0 Å². The third kappa shape index (κ3) is 2.73. The summed E-state index contributed by atoms with van der Waals surface area (Å²) in [4.78, 5) is 0. The van der Waals surface area contributed by atoms with Crippen molar-refractivity contribution in [2.75, 3.05) is 0 Å². The Morgan fingerprint density at radius 3 is 2.53 bits per heavy atom. The van der Waals surface area contributed by atoms with E-state index >= 15 is 0 Å². The Hall–Kier alpha value is -1.19. The fourth-order valence-electron chi connectivity index (χ4n) is 1.85. The zero-order valence-corrected chi connectivity index (χ0v) is 11.0. The lowest BCUT2D eigenvalue weighted by Crippen LogP contribution is -2.12. The van der Waals surface area contributed by atoms with Crippen LogP contribution in [0.25, 0.3) is 0 Å². The lowest BCUT2D eigenvalue weighted by Gasteiger charge is -2.15. The van der Waals surface area contributed by atoms with Crippen molar-refractivity contribution in [3.63, 3.8) is 0 Å². The normalized spacial score (nSPS) is 12.5. The smallest absolute Gasteiger partial charge is 0.123 e. The first-order valence-electron chi connectivity index (χ1n) is 5.35. The summed E-state index contributed by atoms with van der Waals surface area (Å²) in [5.74, 6) is -0.248. The van der Waals surface area contributed by atoms with Crippen LogP contribution in [0.4, 0.5) is 4.39 Å². The molecule has 0 fully saturated rings. The molecule has 0 aliphatic rings. The molecule has 0 spiro atoms. The Labute approximate surface area is 109 Å². The first-order chi connectivity index (χ1) is 8.08. The number of hydrogen-bond donors (Lipinski definition) is 1. The van der Waals surface area contributed by atoms with Crippen molar-refractivity contribution in [3.8, 4) is 0 Å². The molecule has 0 aliphatic heterocycles. The molecule has 2 rings (SSSR count). The molecule has 0 saturated carbocycles. The lowest BCUT2D eigenvalue weighted by atomic mass is 9.98. The maximum atomic E-state index is 13.3. The van der Waals surface area contributed by atoms with Gasteiger partial charge in [-0.3, -0.25) is 0 Å².